The lowest BCUT2D eigenvalue weighted by Crippen LogP contribution is -2.48. The summed E-state index contributed by atoms with van der Waals surface area (Å²) in [4.78, 5) is 32.7. The molecule has 7 nitrogen and oxygen atoms in total. The molecule has 0 aliphatic carbocycles. The normalized spacial score (nSPS) is 21.8. The zero-order chi connectivity index (χ0) is 17.4. The van der Waals surface area contributed by atoms with Crippen LogP contribution in [-0.2, 0) is 14.3 Å². The van der Waals surface area contributed by atoms with Crippen molar-refractivity contribution >= 4 is 17.8 Å². The molecule has 136 valence electrons. The van der Waals surface area contributed by atoms with Crippen LogP contribution in [0.5, 0.6) is 0 Å². The van der Waals surface area contributed by atoms with Gasteiger partial charge in [-0.3, -0.25) is 9.59 Å². The average molecular weight is 338 g/mol. The Bertz CT molecular complexity index is 461. The number of nitrogens with one attached hydrogen (secondary N) is 1. The number of carbonyl (C=O) groups is 2. The lowest BCUT2D eigenvalue weighted by molar-refractivity contribution is -0.149. The summed E-state index contributed by atoms with van der Waals surface area (Å²) in [5, 5.41) is 3.24. The fourth-order valence-electron chi connectivity index (χ4n) is 3.26. The van der Waals surface area contributed by atoms with Crippen LogP contribution in [0.4, 0.5) is 0 Å². The van der Waals surface area contributed by atoms with Gasteiger partial charge in [-0.25, -0.2) is 4.99 Å². The number of amides is 1. The second-order valence-electron chi connectivity index (χ2n) is 6.30. The van der Waals surface area contributed by atoms with Crippen LogP contribution in [-0.4, -0.2) is 73.5 Å². The van der Waals surface area contributed by atoms with Gasteiger partial charge in [0.05, 0.1) is 12.5 Å². The summed E-state index contributed by atoms with van der Waals surface area (Å²) in [6, 6.07) is 0. The second-order valence-corrected chi connectivity index (χ2v) is 6.30. The topological polar surface area (TPSA) is 74.2 Å². The van der Waals surface area contributed by atoms with E-state index in [0.29, 0.717) is 13.2 Å². The monoisotopic (exact) mass is 338 g/mol. The van der Waals surface area contributed by atoms with E-state index in [-0.39, 0.29) is 24.3 Å². The molecule has 0 saturated carbocycles. The molecule has 2 fully saturated rings. The largest absolute Gasteiger partial charge is 0.466 e. The number of likely N-dealkylation sites (tertiary alicyclic amines) is 2. The van der Waals surface area contributed by atoms with Crippen LogP contribution in [0, 0.1) is 5.92 Å². The molecule has 2 rings (SSSR count). The molecule has 0 bridgehead atoms. The summed E-state index contributed by atoms with van der Waals surface area (Å²) < 4.78 is 5.15. The van der Waals surface area contributed by atoms with Crippen LogP contribution in [0.25, 0.3) is 0 Å². The van der Waals surface area contributed by atoms with E-state index in [1.54, 1.807) is 0 Å². The number of nitrogens with zero attached hydrogens (tertiary/aromatic N) is 3. The first-order valence-electron chi connectivity index (χ1n) is 9.13. The maximum absolute atomic E-state index is 12.2. The Morgan fingerprint density at radius 3 is 2.50 bits per heavy atom. The lowest BCUT2D eigenvalue weighted by Gasteiger charge is -2.34. The second kappa shape index (κ2) is 9.49. The minimum absolute atomic E-state index is 0.0851. The molecule has 2 aliphatic rings. The number of hydrogen-bond donors (Lipinski definition) is 1. The van der Waals surface area contributed by atoms with Gasteiger partial charge in [-0.05, 0) is 39.5 Å². The van der Waals surface area contributed by atoms with E-state index >= 15 is 0 Å². The standard InChI is InChI=1S/C17H30N4O3/c1-3-18-17(19-12-15(22)20-9-5-6-10-20)21-11-7-8-14(13-21)16(23)24-4-2/h14H,3-13H2,1-2H3,(H,18,19). The van der Waals surface area contributed by atoms with Crippen molar-refractivity contribution in [3.8, 4) is 0 Å². The molecule has 0 spiro atoms. The van der Waals surface area contributed by atoms with Gasteiger partial charge >= 0.3 is 5.97 Å². The van der Waals surface area contributed by atoms with Crippen LogP contribution in [0.3, 0.4) is 0 Å². The molecule has 2 heterocycles. The van der Waals surface area contributed by atoms with Crippen LogP contribution < -0.4 is 5.32 Å². The van der Waals surface area contributed by atoms with Crippen molar-refractivity contribution < 1.29 is 14.3 Å². The van der Waals surface area contributed by atoms with E-state index in [1.165, 1.54) is 0 Å². The van der Waals surface area contributed by atoms with Crippen molar-refractivity contribution in [1.29, 1.82) is 0 Å². The number of hydrogen-bond acceptors (Lipinski definition) is 4. The molecule has 2 aliphatic heterocycles. The van der Waals surface area contributed by atoms with Crippen molar-refractivity contribution in [2.45, 2.75) is 39.5 Å². The van der Waals surface area contributed by atoms with Gasteiger partial charge in [-0.2, -0.15) is 0 Å². The van der Waals surface area contributed by atoms with Gasteiger partial charge in [-0.15, -0.1) is 0 Å². The minimum atomic E-state index is -0.133. The van der Waals surface area contributed by atoms with Crippen molar-refractivity contribution in [2.24, 2.45) is 10.9 Å². The van der Waals surface area contributed by atoms with Crippen LogP contribution in [0.2, 0.25) is 0 Å². The van der Waals surface area contributed by atoms with Crippen LogP contribution in [0.1, 0.15) is 39.5 Å². The highest BCUT2D eigenvalue weighted by Crippen LogP contribution is 2.18. The summed E-state index contributed by atoms with van der Waals surface area (Å²) >= 11 is 0. The zero-order valence-corrected chi connectivity index (χ0v) is 14.9. The van der Waals surface area contributed by atoms with E-state index < -0.39 is 0 Å². The Labute approximate surface area is 144 Å². The Morgan fingerprint density at radius 1 is 1.12 bits per heavy atom. The van der Waals surface area contributed by atoms with Gasteiger partial charge in [0.2, 0.25) is 5.91 Å². The van der Waals surface area contributed by atoms with E-state index in [4.69, 9.17) is 4.74 Å². The first kappa shape index (κ1) is 18.5. The van der Waals surface area contributed by atoms with Crippen molar-refractivity contribution in [2.75, 3.05) is 45.9 Å². The molecule has 1 atom stereocenters. The molecular formula is C17H30N4O3. The minimum Gasteiger partial charge on any atom is -0.466 e. The van der Waals surface area contributed by atoms with E-state index in [1.807, 2.05) is 18.7 Å². The number of guanidine groups is 1. The fraction of sp³-hybridized carbons (Fsp3) is 0.824. The number of carbonyl (C=O) groups excluding carboxylic acids is 2. The molecule has 1 N–H and O–H groups in total. The summed E-state index contributed by atoms with van der Waals surface area (Å²) in [5.74, 6) is 0.559. The number of esters is 1. The van der Waals surface area contributed by atoms with Gasteiger partial charge in [0.25, 0.3) is 0 Å². The molecule has 1 unspecified atom stereocenters. The average Bonchev–Trinajstić information content (AvgIpc) is 3.13. The Hall–Kier alpha value is -1.79. The summed E-state index contributed by atoms with van der Waals surface area (Å²) in [5.41, 5.74) is 0. The lowest BCUT2D eigenvalue weighted by atomic mass is 9.98. The van der Waals surface area contributed by atoms with Gasteiger partial charge in [0.1, 0.15) is 6.54 Å². The summed E-state index contributed by atoms with van der Waals surface area (Å²) in [7, 11) is 0. The Balaban J connectivity index is 1.96. The quantitative estimate of drug-likeness (QED) is 0.457. The summed E-state index contributed by atoms with van der Waals surface area (Å²) in [6.07, 6.45) is 3.95. The molecule has 0 aromatic rings. The summed E-state index contributed by atoms with van der Waals surface area (Å²) in [6.45, 7) is 8.29. The highest BCUT2D eigenvalue weighted by molar-refractivity contribution is 5.85. The maximum atomic E-state index is 12.2. The number of ether oxygens (including phenoxy) is 1. The first-order valence-corrected chi connectivity index (χ1v) is 9.13. The molecular weight excluding hydrogens is 308 g/mol. The maximum Gasteiger partial charge on any atom is 0.310 e. The SMILES string of the molecule is CCNC(=NCC(=O)N1CCCC1)N1CCCC(C(=O)OCC)C1. The molecule has 7 heteroatoms. The molecule has 0 aromatic heterocycles. The molecule has 1 amide bonds. The Kier molecular flexibility index (Phi) is 7.34. The van der Waals surface area contributed by atoms with Gasteiger partial charge in [0, 0.05) is 32.7 Å². The smallest absolute Gasteiger partial charge is 0.310 e. The van der Waals surface area contributed by atoms with Gasteiger partial charge in [0.15, 0.2) is 5.96 Å². The van der Waals surface area contributed by atoms with Crippen molar-refractivity contribution in [1.82, 2.24) is 15.1 Å². The first-order chi connectivity index (χ1) is 11.7. The van der Waals surface area contributed by atoms with Crippen molar-refractivity contribution in [3.05, 3.63) is 0 Å². The van der Waals surface area contributed by atoms with E-state index in [2.05, 4.69) is 15.2 Å². The predicted molar refractivity (Wildman–Crippen MR) is 92.7 cm³/mol. The number of rotatable bonds is 5. The fourth-order valence-corrected chi connectivity index (χ4v) is 3.26. The molecule has 0 radical (unpaired) electrons. The van der Waals surface area contributed by atoms with Crippen LogP contribution >= 0.6 is 0 Å². The van der Waals surface area contributed by atoms with E-state index in [0.717, 1.165) is 57.8 Å². The predicted octanol–water partition coefficient (Wildman–Crippen LogP) is 0.849. The molecule has 2 saturated heterocycles. The Morgan fingerprint density at radius 2 is 1.83 bits per heavy atom. The van der Waals surface area contributed by atoms with Crippen molar-refractivity contribution in [3.63, 3.8) is 0 Å². The third-order valence-corrected chi connectivity index (χ3v) is 4.50. The molecule has 0 aromatic carbocycles. The van der Waals surface area contributed by atoms with Gasteiger partial charge in [-0.1, -0.05) is 0 Å². The number of piperidine rings is 1. The zero-order valence-electron chi connectivity index (χ0n) is 14.9. The number of aliphatic imine (C=N–C) groups is 1. The highest BCUT2D eigenvalue weighted by Gasteiger charge is 2.28. The molecule has 24 heavy (non-hydrogen) atoms. The highest BCUT2D eigenvalue weighted by atomic mass is 16.5. The van der Waals surface area contributed by atoms with E-state index in [9.17, 15) is 9.59 Å². The third kappa shape index (κ3) is 5.11. The van der Waals surface area contributed by atoms with Gasteiger partial charge < -0.3 is 19.9 Å². The van der Waals surface area contributed by atoms with Crippen LogP contribution in [0.15, 0.2) is 4.99 Å². The third-order valence-electron chi connectivity index (χ3n) is 4.50.